The van der Waals surface area contributed by atoms with Gasteiger partial charge in [0.25, 0.3) is 5.91 Å². The Morgan fingerprint density at radius 2 is 1.75 bits per heavy atom. The minimum Gasteiger partial charge on any atom is -0.496 e. The van der Waals surface area contributed by atoms with E-state index in [1.165, 1.54) is 25.6 Å². The standard InChI is InChI=1S/C22H21NO4S/c1-13-9-10-14(2)16(11-13)17-12-28-21(19(17)22(25)27-4)23-20(24)15-7-5-6-8-18(15)26-3/h5-12H,1-4H3,(H,23,24). The van der Waals surface area contributed by atoms with Gasteiger partial charge in [0, 0.05) is 10.9 Å². The smallest absolute Gasteiger partial charge is 0.341 e. The van der Waals surface area contributed by atoms with E-state index in [1.807, 2.05) is 37.4 Å². The zero-order valence-corrected chi connectivity index (χ0v) is 17.0. The molecule has 0 spiro atoms. The second-order valence-electron chi connectivity index (χ2n) is 6.32. The number of rotatable bonds is 5. The number of hydrogen-bond acceptors (Lipinski definition) is 5. The Balaban J connectivity index is 2.05. The highest BCUT2D eigenvalue weighted by atomic mass is 32.1. The molecule has 0 radical (unpaired) electrons. The van der Waals surface area contributed by atoms with Crippen LogP contribution in [0.1, 0.15) is 31.8 Å². The highest BCUT2D eigenvalue weighted by Gasteiger charge is 2.24. The minimum atomic E-state index is -0.493. The van der Waals surface area contributed by atoms with Crippen LogP contribution in [0.2, 0.25) is 0 Å². The molecule has 0 atom stereocenters. The van der Waals surface area contributed by atoms with E-state index in [4.69, 9.17) is 9.47 Å². The summed E-state index contributed by atoms with van der Waals surface area (Å²) in [4.78, 5) is 25.3. The summed E-state index contributed by atoms with van der Waals surface area (Å²) < 4.78 is 10.2. The van der Waals surface area contributed by atoms with Crippen LogP contribution in [0.15, 0.2) is 47.8 Å². The van der Waals surface area contributed by atoms with Crippen molar-refractivity contribution >= 4 is 28.2 Å². The van der Waals surface area contributed by atoms with Gasteiger partial charge in [-0.25, -0.2) is 4.79 Å². The molecule has 0 saturated carbocycles. The summed E-state index contributed by atoms with van der Waals surface area (Å²) in [7, 11) is 2.84. The number of ether oxygens (including phenoxy) is 2. The minimum absolute atomic E-state index is 0.350. The molecule has 0 fully saturated rings. The largest absolute Gasteiger partial charge is 0.496 e. The summed E-state index contributed by atoms with van der Waals surface area (Å²) >= 11 is 1.29. The molecule has 0 aliphatic heterocycles. The van der Waals surface area contributed by atoms with E-state index < -0.39 is 5.97 Å². The number of benzene rings is 2. The van der Waals surface area contributed by atoms with Crippen molar-refractivity contribution in [3.05, 3.63) is 70.1 Å². The van der Waals surface area contributed by atoms with Crippen molar-refractivity contribution in [3.8, 4) is 16.9 Å². The van der Waals surface area contributed by atoms with Gasteiger partial charge >= 0.3 is 5.97 Å². The summed E-state index contributed by atoms with van der Waals surface area (Å²) in [6.07, 6.45) is 0. The number of carbonyl (C=O) groups excluding carboxylic acids is 2. The van der Waals surface area contributed by atoms with E-state index in [9.17, 15) is 9.59 Å². The van der Waals surface area contributed by atoms with Crippen molar-refractivity contribution in [2.75, 3.05) is 19.5 Å². The fraction of sp³-hybridized carbons (Fsp3) is 0.182. The molecule has 1 amide bonds. The average molecular weight is 395 g/mol. The molecule has 3 rings (SSSR count). The van der Waals surface area contributed by atoms with Crippen LogP contribution in [-0.2, 0) is 4.74 Å². The van der Waals surface area contributed by atoms with E-state index >= 15 is 0 Å². The van der Waals surface area contributed by atoms with Crippen LogP contribution >= 0.6 is 11.3 Å². The monoisotopic (exact) mass is 395 g/mol. The van der Waals surface area contributed by atoms with Gasteiger partial charge < -0.3 is 14.8 Å². The van der Waals surface area contributed by atoms with Gasteiger partial charge in [0.2, 0.25) is 0 Å². The lowest BCUT2D eigenvalue weighted by Crippen LogP contribution is -2.15. The third-order valence-electron chi connectivity index (χ3n) is 4.44. The molecule has 1 aromatic heterocycles. The Hall–Kier alpha value is -3.12. The fourth-order valence-corrected chi connectivity index (χ4v) is 3.92. The van der Waals surface area contributed by atoms with E-state index in [0.29, 0.717) is 21.9 Å². The van der Waals surface area contributed by atoms with Gasteiger partial charge in [-0.2, -0.15) is 0 Å². The SMILES string of the molecule is COC(=O)c1c(-c2cc(C)ccc2C)csc1NC(=O)c1ccccc1OC. The van der Waals surface area contributed by atoms with Gasteiger partial charge in [0.1, 0.15) is 16.3 Å². The maximum atomic E-state index is 12.8. The van der Waals surface area contributed by atoms with Crippen LogP contribution in [0.5, 0.6) is 5.75 Å². The predicted octanol–water partition coefficient (Wildman–Crippen LogP) is 5.08. The number of anilines is 1. The van der Waals surface area contributed by atoms with E-state index in [2.05, 4.69) is 5.32 Å². The van der Waals surface area contributed by atoms with E-state index in [0.717, 1.165) is 22.3 Å². The number of esters is 1. The third-order valence-corrected chi connectivity index (χ3v) is 5.34. The van der Waals surface area contributed by atoms with Gasteiger partial charge in [-0.15, -0.1) is 11.3 Å². The van der Waals surface area contributed by atoms with Crippen LogP contribution in [-0.4, -0.2) is 26.1 Å². The number of para-hydroxylation sites is 1. The first-order valence-electron chi connectivity index (χ1n) is 8.68. The zero-order valence-electron chi connectivity index (χ0n) is 16.2. The van der Waals surface area contributed by atoms with Crippen LogP contribution < -0.4 is 10.1 Å². The van der Waals surface area contributed by atoms with E-state index in [1.54, 1.807) is 24.3 Å². The molecule has 0 bridgehead atoms. The normalized spacial score (nSPS) is 10.4. The molecule has 0 aliphatic rings. The molecule has 0 aliphatic carbocycles. The quantitative estimate of drug-likeness (QED) is 0.612. The highest BCUT2D eigenvalue weighted by molar-refractivity contribution is 7.15. The summed E-state index contributed by atoms with van der Waals surface area (Å²) in [5.41, 5.74) is 4.55. The van der Waals surface area contributed by atoms with Crippen molar-refractivity contribution in [3.63, 3.8) is 0 Å². The first-order chi connectivity index (χ1) is 13.5. The van der Waals surface area contributed by atoms with Crippen LogP contribution in [0.25, 0.3) is 11.1 Å². The molecule has 0 unspecified atom stereocenters. The predicted molar refractivity (Wildman–Crippen MR) is 112 cm³/mol. The molecule has 144 valence electrons. The van der Waals surface area contributed by atoms with Gasteiger partial charge in [-0.1, -0.05) is 35.9 Å². The molecular formula is C22H21NO4S. The number of carbonyl (C=O) groups is 2. The number of aryl methyl sites for hydroxylation is 2. The summed E-state index contributed by atoms with van der Waals surface area (Å²) in [5, 5.41) is 5.15. The summed E-state index contributed by atoms with van der Waals surface area (Å²) in [5.74, 6) is -0.379. The van der Waals surface area contributed by atoms with Gasteiger partial charge in [0.05, 0.1) is 19.8 Å². The molecule has 2 aromatic carbocycles. The van der Waals surface area contributed by atoms with Crippen molar-refractivity contribution in [1.29, 1.82) is 0 Å². The lowest BCUT2D eigenvalue weighted by molar-refractivity contribution is 0.0603. The highest BCUT2D eigenvalue weighted by Crippen LogP contribution is 2.38. The first-order valence-corrected chi connectivity index (χ1v) is 9.56. The van der Waals surface area contributed by atoms with Crippen molar-refractivity contribution in [1.82, 2.24) is 0 Å². The van der Waals surface area contributed by atoms with Crippen LogP contribution in [0, 0.1) is 13.8 Å². The Kier molecular flexibility index (Phi) is 5.80. The molecule has 1 N–H and O–H groups in total. The fourth-order valence-electron chi connectivity index (χ4n) is 2.98. The molecule has 1 heterocycles. The molecule has 5 nitrogen and oxygen atoms in total. The molecule has 28 heavy (non-hydrogen) atoms. The number of amides is 1. The molecule has 6 heteroatoms. The lowest BCUT2D eigenvalue weighted by Gasteiger charge is -2.11. The Morgan fingerprint density at radius 1 is 1.00 bits per heavy atom. The maximum Gasteiger partial charge on any atom is 0.341 e. The van der Waals surface area contributed by atoms with Gasteiger partial charge in [-0.05, 0) is 37.1 Å². The number of nitrogens with one attached hydrogen (secondary N) is 1. The third kappa shape index (κ3) is 3.77. The van der Waals surface area contributed by atoms with Crippen molar-refractivity contribution < 1.29 is 19.1 Å². The summed E-state index contributed by atoms with van der Waals surface area (Å²) in [6, 6.07) is 13.0. The van der Waals surface area contributed by atoms with Crippen molar-refractivity contribution in [2.45, 2.75) is 13.8 Å². The number of thiophene rings is 1. The molecule has 3 aromatic rings. The van der Waals surface area contributed by atoms with Gasteiger partial charge in [-0.3, -0.25) is 4.79 Å². The number of methoxy groups -OCH3 is 2. The Bertz CT molecular complexity index is 1040. The second kappa shape index (κ2) is 8.27. The van der Waals surface area contributed by atoms with E-state index in [-0.39, 0.29) is 5.91 Å². The summed E-state index contributed by atoms with van der Waals surface area (Å²) in [6.45, 7) is 3.98. The number of hydrogen-bond donors (Lipinski definition) is 1. The lowest BCUT2D eigenvalue weighted by atomic mass is 9.97. The Morgan fingerprint density at radius 3 is 2.46 bits per heavy atom. The molecule has 0 saturated heterocycles. The van der Waals surface area contributed by atoms with Gasteiger partial charge in [0.15, 0.2) is 0 Å². The van der Waals surface area contributed by atoms with Crippen molar-refractivity contribution in [2.24, 2.45) is 0 Å². The Labute approximate surface area is 167 Å². The topological polar surface area (TPSA) is 64.6 Å². The second-order valence-corrected chi connectivity index (χ2v) is 7.20. The maximum absolute atomic E-state index is 12.8. The van der Waals surface area contributed by atoms with Crippen LogP contribution in [0.3, 0.4) is 0 Å². The molecular weight excluding hydrogens is 374 g/mol. The zero-order chi connectivity index (χ0) is 20.3. The average Bonchev–Trinajstić information content (AvgIpc) is 3.12. The first kappa shape index (κ1) is 19.6. The van der Waals surface area contributed by atoms with Crippen LogP contribution in [0.4, 0.5) is 5.00 Å².